The quantitative estimate of drug-likeness (QED) is 0.215. The number of carbonyl (C=O) groups is 1. The van der Waals surface area contributed by atoms with Crippen molar-refractivity contribution in [2.75, 3.05) is 27.3 Å². The number of methoxy groups -OCH3 is 2. The van der Waals surface area contributed by atoms with Gasteiger partial charge in [-0.3, -0.25) is 4.79 Å². The molecule has 174 valence electrons. The van der Waals surface area contributed by atoms with Crippen molar-refractivity contribution in [1.29, 1.82) is 0 Å². The van der Waals surface area contributed by atoms with Crippen molar-refractivity contribution in [3.8, 4) is 11.5 Å². The molecule has 0 atom stereocenters. The van der Waals surface area contributed by atoms with E-state index in [0.717, 1.165) is 37.6 Å². The first kappa shape index (κ1) is 25.8. The highest BCUT2D eigenvalue weighted by Gasteiger charge is 2.22. The number of carbonyl (C=O) groups excluding carboxylic acids is 1. The highest BCUT2D eigenvalue weighted by molar-refractivity contribution is 14.0. The molecule has 0 aliphatic carbocycles. The molecule has 0 aromatic heterocycles. The Bertz CT molecular complexity index is 895. The van der Waals surface area contributed by atoms with Crippen LogP contribution in [0.1, 0.15) is 36.5 Å². The second-order valence-corrected chi connectivity index (χ2v) is 7.43. The van der Waals surface area contributed by atoms with Crippen LogP contribution in [0.2, 0.25) is 0 Å². The molecule has 2 N–H and O–H groups in total. The number of hydrogen-bond donors (Lipinski definition) is 2. The van der Waals surface area contributed by atoms with E-state index in [-0.39, 0.29) is 29.9 Å². The molecule has 0 bridgehead atoms. The Balaban J connectivity index is 0.00000363. The molecular formula is C24H33IN4O3. The first-order valence-corrected chi connectivity index (χ1v) is 10.7. The number of hydrogen-bond acceptors (Lipinski definition) is 4. The van der Waals surface area contributed by atoms with E-state index in [1.165, 1.54) is 11.1 Å². The Hall–Kier alpha value is -2.49. The van der Waals surface area contributed by atoms with Crippen LogP contribution < -0.4 is 20.1 Å². The van der Waals surface area contributed by atoms with Crippen molar-refractivity contribution in [3.63, 3.8) is 0 Å². The highest BCUT2D eigenvalue weighted by atomic mass is 127. The van der Waals surface area contributed by atoms with Crippen LogP contribution in [-0.4, -0.2) is 44.1 Å². The van der Waals surface area contributed by atoms with Gasteiger partial charge in [0.2, 0.25) is 5.91 Å². The molecule has 7 nitrogen and oxygen atoms in total. The summed E-state index contributed by atoms with van der Waals surface area (Å²) in [6, 6.07) is 14.0. The number of ether oxygens (including phenoxy) is 2. The normalized spacial score (nSPS) is 12.6. The van der Waals surface area contributed by atoms with Crippen LogP contribution in [0.3, 0.4) is 0 Å². The van der Waals surface area contributed by atoms with Gasteiger partial charge in [-0.05, 0) is 42.2 Å². The minimum atomic E-state index is 0. The van der Waals surface area contributed by atoms with Crippen LogP contribution in [0.15, 0.2) is 47.5 Å². The largest absolute Gasteiger partial charge is 0.493 e. The smallest absolute Gasteiger partial charge is 0.223 e. The summed E-state index contributed by atoms with van der Waals surface area (Å²) in [7, 11) is 3.24. The van der Waals surface area contributed by atoms with Crippen LogP contribution >= 0.6 is 24.0 Å². The van der Waals surface area contributed by atoms with Gasteiger partial charge in [0.25, 0.3) is 0 Å². The van der Waals surface area contributed by atoms with E-state index < -0.39 is 0 Å². The number of amides is 1. The van der Waals surface area contributed by atoms with E-state index in [0.29, 0.717) is 31.0 Å². The van der Waals surface area contributed by atoms with Crippen LogP contribution in [0.5, 0.6) is 11.5 Å². The second-order valence-electron chi connectivity index (χ2n) is 7.43. The first-order valence-electron chi connectivity index (χ1n) is 10.7. The van der Waals surface area contributed by atoms with E-state index in [1.54, 1.807) is 14.2 Å². The number of guanidine groups is 1. The van der Waals surface area contributed by atoms with Crippen molar-refractivity contribution in [3.05, 3.63) is 59.2 Å². The summed E-state index contributed by atoms with van der Waals surface area (Å²) in [5.74, 6) is 2.32. The van der Waals surface area contributed by atoms with Crippen molar-refractivity contribution >= 4 is 35.8 Å². The molecule has 0 saturated carbocycles. The number of halogens is 1. The molecule has 3 rings (SSSR count). The van der Waals surface area contributed by atoms with Gasteiger partial charge in [0, 0.05) is 32.6 Å². The molecule has 2 aromatic rings. The molecular weight excluding hydrogens is 519 g/mol. The van der Waals surface area contributed by atoms with Crippen molar-refractivity contribution < 1.29 is 14.3 Å². The Morgan fingerprint density at radius 3 is 2.34 bits per heavy atom. The Morgan fingerprint density at radius 2 is 1.72 bits per heavy atom. The van der Waals surface area contributed by atoms with E-state index in [4.69, 9.17) is 9.47 Å². The molecule has 8 heteroatoms. The molecule has 0 saturated heterocycles. The van der Waals surface area contributed by atoms with Gasteiger partial charge in [-0.2, -0.15) is 0 Å². The van der Waals surface area contributed by atoms with E-state index in [9.17, 15) is 4.79 Å². The molecule has 0 fully saturated rings. The maximum Gasteiger partial charge on any atom is 0.223 e. The molecule has 0 unspecified atom stereocenters. The van der Waals surface area contributed by atoms with Gasteiger partial charge < -0.3 is 25.0 Å². The third kappa shape index (κ3) is 7.01. The monoisotopic (exact) mass is 552 g/mol. The molecule has 2 aromatic carbocycles. The lowest BCUT2D eigenvalue weighted by atomic mass is 10.1. The van der Waals surface area contributed by atoms with Gasteiger partial charge >= 0.3 is 0 Å². The minimum absolute atomic E-state index is 0. The summed E-state index contributed by atoms with van der Waals surface area (Å²) in [5.41, 5.74) is 3.54. The summed E-state index contributed by atoms with van der Waals surface area (Å²) in [6.07, 6.45) is 1.28. The van der Waals surface area contributed by atoms with E-state index in [2.05, 4.69) is 27.8 Å². The fourth-order valence-electron chi connectivity index (χ4n) is 3.61. The van der Waals surface area contributed by atoms with E-state index >= 15 is 0 Å². The summed E-state index contributed by atoms with van der Waals surface area (Å²) < 4.78 is 10.6. The standard InChI is InChI=1S/C24H32N4O3.HI/c1-4-25-24(27-15-18-11-12-21(30-2)22(14-18)31-3)26-13-7-10-23(29)28-16-19-8-5-6-9-20(19)17-28;/h5-6,8-9,11-12,14H,4,7,10,13,15-17H2,1-3H3,(H2,25,26,27);1H. The molecule has 0 radical (unpaired) electrons. The molecule has 0 spiro atoms. The summed E-state index contributed by atoms with van der Waals surface area (Å²) >= 11 is 0. The fraction of sp³-hybridized carbons (Fsp3) is 0.417. The topological polar surface area (TPSA) is 75.2 Å². The highest BCUT2D eigenvalue weighted by Crippen LogP contribution is 2.27. The number of fused-ring (bicyclic) bond motifs is 1. The lowest BCUT2D eigenvalue weighted by molar-refractivity contribution is -0.131. The van der Waals surface area contributed by atoms with Gasteiger partial charge in [0.05, 0.1) is 20.8 Å². The Labute approximate surface area is 207 Å². The Kier molecular flexibility index (Phi) is 10.6. The van der Waals surface area contributed by atoms with Gasteiger partial charge in [-0.15, -0.1) is 24.0 Å². The van der Waals surface area contributed by atoms with Crippen LogP contribution in [0.4, 0.5) is 0 Å². The Morgan fingerprint density at radius 1 is 1.03 bits per heavy atom. The summed E-state index contributed by atoms with van der Waals surface area (Å²) in [6.45, 7) is 5.44. The zero-order chi connectivity index (χ0) is 22.1. The summed E-state index contributed by atoms with van der Waals surface area (Å²) in [5, 5.41) is 6.56. The maximum atomic E-state index is 12.5. The lowest BCUT2D eigenvalue weighted by Crippen LogP contribution is -2.38. The number of nitrogens with zero attached hydrogens (tertiary/aromatic N) is 2. The second kappa shape index (κ2) is 13.1. The average molecular weight is 552 g/mol. The average Bonchev–Trinajstić information content (AvgIpc) is 3.24. The predicted octanol–water partition coefficient (Wildman–Crippen LogP) is 3.70. The fourth-order valence-corrected chi connectivity index (χ4v) is 3.61. The third-order valence-corrected chi connectivity index (χ3v) is 5.27. The molecule has 1 amide bonds. The zero-order valence-corrected chi connectivity index (χ0v) is 21.3. The maximum absolute atomic E-state index is 12.5. The number of nitrogens with one attached hydrogen (secondary N) is 2. The number of rotatable bonds is 9. The lowest BCUT2D eigenvalue weighted by Gasteiger charge is -2.16. The molecule has 1 heterocycles. The van der Waals surface area contributed by atoms with Gasteiger partial charge in [-0.1, -0.05) is 30.3 Å². The first-order chi connectivity index (χ1) is 15.1. The molecule has 1 aliphatic heterocycles. The van der Waals surface area contributed by atoms with Gasteiger partial charge in [-0.25, -0.2) is 4.99 Å². The third-order valence-electron chi connectivity index (χ3n) is 5.27. The van der Waals surface area contributed by atoms with Crippen LogP contribution in [-0.2, 0) is 24.4 Å². The molecule has 1 aliphatic rings. The predicted molar refractivity (Wildman–Crippen MR) is 138 cm³/mol. The zero-order valence-electron chi connectivity index (χ0n) is 19.0. The number of aliphatic imine (C=N–C) groups is 1. The SMILES string of the molecule is CCNC(=NCc1ccc(OC)c(OC)c1)NCCCC(=O)N1Cc2ccccc2C1.I. The van der Waals surface area contributed by atoms with Crippen LogP contribution in [0, 0.1) is 0 Å². The minimum Gasteiger partial charge on any atom is -0.493 e. The van der Waals surface area contributed by atoms with Crippen molar-refractivity contribution in [1.82, 2.24) is 15.5 Å². The molecule has 32 heavy (non-hydrogen) atoms. The van der Waals surface area contributed by atoms with Crippen molar-refractivity contribution in [2.24, 2.45) is 4.99 Å². The summed E-state index contributed by atoms with van der Waals surface area (Å²) in [4.78, 5) is 19.1. The van der Waals surface area contributed by atoms with Crippen molar-refractivity contribution in [2.45, 2.75) is 39.4 Å². The van der Waals surface area contributed by atoms with Gasteiger partial charge in [0.1, 0.15) is 0 Å². The van der Waals surface area contributed by atoms with E-state index in [1.807, 2.05) is 42.2 Å². The van der Waals surface area contributed by atoms with Gasteiger partial charge in [0.15, 0.2) is 17.5 Å². The number of benzene rings is 2. The van der Waals surface area contributed by atoms with Crippen LogP contribution in [0.25, 0.3) is 0 Å².